The summed E-state index contributed by atoms with van der Waals surface area (Å²) in [7, 11) is 1.70. The molecule has 0 saturated carbocycles. The van der Waals surface area contributed by atoms with Crippen LogP contribution in [0.5, 0.6) is 5.75 Å². The first-order valence-corrected chi connectivity index (χ1v) is 9.77. The third-order valence-corrected chi connectivity index (χ3v) is 5.85. The van der Waals surface area contributed by atoms with Crippen LogP contribution in [-0.4, -0.2) is 46.9 Å². The van der Waals surface area contributed by atoms with Gasteiger partial charge in [0.15, 0.2) is 0 Å². The summed E-state index contributed by atoms with van der Waals surface area (Å²) in [6.45, 7) is 3.68. The number of benzene rings is 1. The summed E-state index contributed by atoms with van der Waals surface area (Å²) >= 11 is 0. The molecule has 0 radical (unpaired) electrons. The SMILES string of the molecule is COc1ccc(CN2CC[C@H]3[C@H](CCC(=O)N3Cc3ccccn3)C2)cc1. The van der Waals surface area contributed by atoms with E-state index >= 15 is 0 Å². The third kappa shape index (κ3) is 4.14. The van der Waals surface area contributed by atoms with Gasteiger partial charge in [0, 0.05) is 38.3 Å². The Kier molecular flexibility index (Phi) is 5.39. The molecule has 0 spiro atoms. The van der Waals surface area contributed by atoms with Crippen molar-refractivity contribution in [3.05, 3.63) is 59.9 Å². The Balaban J connectivity index is 1.40. The van der Waals surface area contributed by atoms with Crippen molar-refractivity contribution in [3.8, 4) is 5.75 Å². The second-order valence-corrected chi connectivity index (χ2v) is 7.58. The van der Waals surface area contributed by atoms with Crippen LogP contribution in [0.4, 0.5) is 0 Å². The number of hydrogen-bond donors (Lipinski definition) is 0. The molecule has 27 heavy (non-hydrogen) atoms. The largest absolute Gasteiger partial charge is 0.497 e. The van der Waals surface area contributed by atoms with Gasteiger partial charge in [-0.05, 0) is 48.6 Å². The highest BCUT2D eigenvalue weighted by Crippen LogP contribution is 2.32. The molecule has 5 heteroatoms. The maximum Gasteiger partial charge on any atom is 0.223 e. The number of carbonyl (C=O) groups is 1. The molecule has 0 bridgehead atoms. The number of nitrogens with zero attached hydrogens (tertiary/aromatic N) is 3. The fourth-order valence-corrected chi connectivity index (χ4v) is 4.43. The van der Waals surface area contributed by atoms with E-state index in [2.05, 4.69) is 26.9 Å². The molecule has 5 nitrogen and oxygen atoms in total. The molecule has 0 N–H and O–H groups in total. The van der Waals surface area contributed by atoms with Gasteiger partial charge in [-0.25, -0.2) is 0 Å². The summed E-state index contributed by atoms with van der Waals surface area (Å²) in [5.41, 5.74) is 2.29. The molecule has 2 saturated heterocycles. The number of methoxy groups -OCH3 is 1. The number of pyridine rings is 1. The van der Waals surface area contributed by atoms with E-state index in [0.717, 1.165) is 43.9 Å². The molecule has 1 amide bonds. The molecule has 4 rings (SSSR count). The molecule has 1 aromatic heterocycles. The van der Waals surface area contributed by atoms with Gasteiger partial charge < -0.3 is 9.64 Å². The average molecular weight is 365 g/mol. The minimum Gasteiger partial charge on any atom is -0.497 e. The third-order valence-electron chi connectivity index (χ3n) is 5.85. The molecule has 2 aromatic rings. The van der Waals surface area contributed by atoms with Crippen molar-refractivity contribution in [2.24, 2.45) is 5.92 Å². The normalized spacial score (nSPS) is 23.1. The Morgan fingerprint density at radius 3 is 2.70 bits per heavy atom. The standard InChI is InChI=1S/C22H27N3O2/c1-27-20-8-5-17(6-9-20)14-24-13-11-21-18(15-24)7-10-22(26)25(21)16-19-4-2-3-12-23-19/h2-6,8-9,12,18,21H,7,10-11,13-16H2,1H3/t18-,21+/m1/s1. The summed E-state index contributed by atoms with van der Waals surface area (Å²) < 4.78 is 5.24. The summed E-state index contributed by atoms with van der Waals surface area (Å²) in [5, 5.41) is 0. The number of aromatic nitrogens is 1. The van der Waals surface area contributed by atoms with Crippen LogP contribution >= 0.6 is 0 Å². The van der Waals surface area contributed by atoms with E-state index in [0.29, 0.717) is 24.9 Å². The first-order chi connectivity index (χ1) is 13.2. The van der Waals surface area contributed by atoms with Gasteiger partial charge in [0.1, 0.15) is 5.75 Å². The minimum absolute atomic E-state index is 0.283. The number of likely N-dealkylation sites (tertiary alicyclic amines) is 2. The smallest absolute Gasteiger partial charge is 0.223 e. The molecule has 2 aliphatic heterocycles. The van der Waals surface area contributed by atoms with Crippen molar-refractivity contribution in [3.63, 3.8) is 0 Å². The number of amides is 1. The summed E-state index contributed by atoms with van der Waals surface area (Å²) in [6.07, 6.45) is 4.50. The molecule has 0 unspecified atom stereocenters. The molecule has 0 aliphatic carbocycles. The molecular weight excluding hydrogens is 338 g/mol. The van der Waals surface area contributed by atoms with E-state index in [1.807, 2.05) is 30.3 Å². The lowest BCUT2D eigenvalue weighted by Gasteiger charge is -2.47. The van der Waals surface area contributed by atoms with Gasteiger partial charge in [-0.2, -0.15) is 0 Å². The predicted molar refractivity (Wildman–Crippen MR) is 104 cm³/mol. The number of ether oxygens (including phenoxy) is 1. The number of hydrogen-bond acceptors (Lipinski definition) is 4. The van der Waals surface area contributed by atoms with Crippen LogP contribution in [0, 0.1) is 5.92 Å². The quantitative estimate of drug-likeness (QED) is 0.817. The molecule has 2 fully saturated rings. The van der Waals surface area contributed by atoms with Gasteiger partial charge in [0.2, 0.25) is 5.91 Å². The molecule has 1 aromatic carbocycles. The van der Waals surface area contributed by atoms with Crippen LogP contribution in [0.3, 0.4) is 0 Å². The lowest BCUT2D eigenvalue weighted by Crippen LogP contribution is -2.55. The average Bonchev–Trinajstić information content (AvgIpc) is 2.71. The van der Waals surface area contributed by atoms with Crippen LogP contribution in [0.15, 0.2) is 48.7 Å². The zero-order valence-corrected chi connectivity index (χ0v) is 15.9. The van der Waals surface area contributed by atoms with Gasteiger partial charge in [0.05, 0.1) is 19.3 Å². The molecule has 142 valence electrons. The summed E-state index contributed by atoms with van der Waals surface area (Å²) in [6, 6.07) is 14.6. The fraction of sp³-hybridized carbons (Fsp3) is 0.455. The van der Waals surface area contributed by atoms with Crippen LogP contribution in [0.1, 0.15) is 30.5 Å². The molecule has 2 aliphatic rings. The van der Waals surface area contributed by atoms with Crippen molar-refractivity contribution < 1.29 is 9.53 Å². The van der Waals surface area contributed by atoms with Crippen LogP contribution in [-0.2, 0) is 17.9 Å². The van der Waals surface area contributed by atoms with Gasteiger partial charge >= 0.3 is 0 Å². The summed E-state index contributed by atoms with van der Waals surface area (Å²) in [5.74, 6) is 1.73. The van der Waals surface area contributed by atoms with E-state index in [1.165, 1.54) is 5.56 Å². The van der Waals surface area contributed by atoms with Gasteiger partial charge in [0.25, 0.3) is 0 Å². The zero-order chi connectivity index (χ0) is 18.6. The van der Waals surface area contributed by atoms with E-state index in [9.17, 15) is 4.79 Å². The zero-order valence-electron chi connectivity index (χ0n) is 15.9. The maximum absolute atomic E-state index is 12.6. The number of rotatable bonds is 5. The van der Waals surface area contributed by atoms with E-state index in [-0.39, 0.29) is 5.91 Å². The van der Waals surface area contributed by atoms with Gasteiger partial charge in [-0.1, -0.05) is 18.2 Å². The highest BCUT2D eigenvalue weighted by atomic mass is 16.5. The van der Waals surface area contributed by atoms with E-state index in [4.69, 9.17) is 4.74 Å². The van der Waals surface area contributed by atoms with Crippen molar-refractivity contribution in [2.75, 3.05) is 20.2 Å². The Hall–Kier alpha value is -2.40. The Bertz CT molecular complexity index is 763. The molecular formula is C22H27N3O2. The van der Waals surface area contributed by atoms with E-state index in [1.54, 1.807) is 13.3 Å². The van der Waals surface area contributed by atoms with Gasteiger partial charge in [-0.15, -0.1) is 0 Å². The minimum atomic E-state index is 0.283. The number of piperidine rings is 2. The maximum atomic E-state index is 12.6. The Morgan fingerprint density at radius 2 is 1.96 bits per heavy atom. The first kappa shape index (κ1) is 18.0. The van der Waals surface area contributed by atoms with Crippen molar-refractivity contribution >= 4 is 5.91 Å². The van der Waals surface area contributed by atoms with E-state index < -0.39 is 0 Å². The highest BCUT2D eigenvalue weighted by Gasteiger charge is 2.39. The van der Waals surface area contributed by atoms with Gasteiger partial charge in [-0.3, -0.25) is 14.7 Å². The summed E-state index contributed by atoms with van der Waals surface area (Å²) in [4.78, 5) is 21.6. The second-order valence-electron chi connectivity index (χ2n) is 7.58. The number of fused-ring (bicyclic) bond motifs is 1. The predicted octanol–water partition coefficient (Wildman–Crippen LogP) is 3.10. The Morgan fingerprint density at radius 1 is 1.11 bits per heavy atom. The molecule has 3 heterocycles. The second kappa shape index (κ2) is 8.09. The van der Waals surface area contributed by atoms with Crippen LogP contribution in [0.2, 0.25) is 0 Å². The van der Waals surface area contributed by atoms with Crippen molar-refractivity contribution in [2.45, 2.75) is 38.4 Å². The van der Waals surface area contributed by atoms with Crippen molar-refractivity contribution in [1.29, 1.82) is 0 Å². The lowest BCUT2D eigenvalue weighted by atomic mass is 9.83. The highest BCUT2D eigenvalue weighted by molar-refractivity contribution is 5.77. The van der Waals surface area contributed by atoms with Crippen molar-refractivity contribution in [1.82, 2.24) is 14.8 Å². The topological polar surface area (TPSA) is 45.7 Å². The molecule has 2 atom stereocenters. The van der Waals surface area contributed by atoms with Crippen LogP contribution in [0.25, 0.3) is 0 Å². The lowest BCUT2D eigenvalue weighted by molar-refractivity contribution is -0.142. The monoisotopic (exact) mass is 365 g/mol. The fourth-order valence-electron chi connectivity index (χ4n) is 4.43. The van der Waals surface area contributed by atoms with Crippen LogP contribution < -0.4 is 4.74 Å². The first-order valence-electron chi connectivity index (χ1n) is 9.77. The Labute approximate surface area is 161 Å². The number of carbonyl (C=O) groups excluding carboxylic acids is 1.